The van der Waals surface area contributed by atoms with Crippen LogP contribution in [-0.4, -0.2) is 60.5 Å². The summed E-state index contributed by atoms with van der Waals surface area (Å²) in [4.78, 5) is 24.2. The number of rotatable bonds is 5. The van der Waals surface area contributed by atoms with Crippen molar-refractivity contribution >= 4 is 17.7 Å². The fraction of sp³-hybridized carbons (Fsp3) is 0.500. The first-order valence-corrected chi connectivity index (χ1v) is 7.00. The third-order valence-electron chi connectivity index (χ3n) is 3.22. The number of likely N-dealkylation sites (N-methyl/N-ethyl adjacent to an activating group) is 1. The van der Waals surface area contributed by atoms with E-state index in [1.54, 1.807) is 18.3 Å². The molecule has 0 radical (unpaired) electrons. The smallest absolute Gasteiger partial charge is 0.243 e. The zero-order valence-corrected chi connectivity index (χ0v) is 12.5. The fourth-order valence-electron chi connectivity index (χ4n) is 2.19. The summed E-state index contributed by atoms with van der Waals surface area (Å²) in [6.45, 7) is 2.27. The van der Waals surface area contributed by atoms with Gasteiger partial charge in [-0.1, -0.05) is 6.08 Å². The largest absolute Gasteiger partial charge is 0.384 e. The van der Waals surface area contributed by atoms with E-state index in [2.05, 4.69) is 15.3 Å². The SMILES string of the molecule is CN(C)C/C=C/C(=O)N[C@H]1CCN(c2nccc(N)n2)C1. The van der Waals surface area contributed by atoms with Crippen LogP contribution in [0.2, 0.25) is 0 Å². The molecule has 2 rings (SSSR count). The van der Waals surface area contributed by atoms with Gasteiger partial charge in [-0.15, -0.1) is 0 Å². The Morgan fingerprint density at radius 2 is 2.43 bits per heavy atom. The molecule has 1 aliphatic heterocycles. The molecule has 0 aromatic carbocycles. The second-order valence-electron chi connectivity index (χ2n) is 5.39. The van der Waals surface area contributed by atoms with Crippen molar-refractivity contribution in [2.75, 3.05) is 44.4 Å². The first-order chi connectivity index (χ1) is 10.0. The summed E-state index contributed by atoms with van der Waals surface area (Å²) in [5.74, 6) is 1.02. The molecule has 1 atom stereocenters. The predicted octanol–water partition coefficient (Wildman–Crippen LogP) is -0.128. The molecular formula is C14H22N6O. The lowest BCUT2D eigenvalue weighted by atomic mass is 10.2. The van der Waals surface area contributed by atoms with Gasteiger partial charge in [-0.3, -0.25) is 4.79 Å². The minimum absolute atomic E-state index is 0.0582. The maximum Gasteiger partial charge on any atom is 0.243 e. The lowest BCUT2D eigenvalue weighted by Gasteiger charge is -2.16. The number of carbonyl (C=O) groups excluding carboxylic acids is 1. The van der Waals surface area contributed by atoms with Gasteiger partial charge in [0.25, 0.3) is 0 Å². The number of nitrogens with one attached hydrogen (secondary N) is 1. The fourth-order valence-corrected chi connectivity index (χ4v) is 2.19. The molecule has 3 N–H and O–H groups in total. The molecule has 21 heavy (non-hydrogen) atoms. The van der Waals surface area contributed by atoms with Gasteiger partial charge < -0.3 is 20.9 Å². The topological polar surface area (TPSA) is 87.4 Å². The molecule has 1 aromatic rings. The summed E-state index contributed by atoms with van der Waals surface area (Å²) < 4.78 is 0. The number of nitrogens with two attached hydrogens (primary N) is 1. The average Bonchev–Trinajstić information content (AvgIpc) is 2.86. The monoisotopic (exact) mass is 290 g/mol. The van der Waals surface area contributed by atoms with E-state index >= 15 is 0 Å². The first kappa shape index (κ1) is 15.2. The molecule has 7 heteroatoms. The van der Waals surface area contributed by atoms with Crippen molar-refractivity contribution in [3.8, 4) is 0 Å². The maximum absolute atomic E-state index is 11.8. The van der Waals surface area contributed by atoms with E-state index < -0.39 is 0 Å². The van der Waals surface area contributed by atoms with Crippen LogP contribution in [0, 0.1) is 0 Å². The number of amides is 1. The Morgan fingerprint density at radius 1 is 1.62 bits per heavy atom. The number of nitrogens with zero attached hydrogens (tertiary/aromatic N) is 4. The zero-order chi connectivity index (χ0) is 15.2. The van der Waals surface area contributed by atoms with Gasteiger partial charge >= 0.3 is 0 Å². The Labute approximate surface area is 124 Å². The van der Waals surface area contributed by atoms with Gasteiger partial charge in [-0.25, -0.2) is 4.98 Å². The Morgan fingerprint density at radius 3 is 3.14 bits per heavy atom. The second kappa shape index (κ2) is 7.03. The van der Waals surface area contributed by atoms with Crippen LogP contribution in [0.15, 0.2) is 24.4 Å². The summed E-state index contributed by atoms with van der Waals surface area (Å²) in [6, 6.07) is 1.78. The summed E-state index contributed by atoms with van der Waals surface area (Å²) in [5, 5.41) is 2.99. The van der Waals surface area contributed by atoms with Crippen molar-refractivity contribution in [1.29, 1.82) is 0 Å². The highest BCUT2D eigenvalue weighted by Crippen LogP contribution is 2.16. The molecule has 1 amide bonds. The summed E-state index contributed by atoms with van der Waals surface area (Å²) in [6.07, 6.45) is 5.96. The van der Waals surface area contributed by atoms with Gasteiger partial charge in [0.1, 0.15) is 5.82 Å². The number of carbonyl (C=O) groups is 1. The summed E-state index contributed by atoms with van der Waals surface area (Å²) in [7, 11) is 3.92. The Kier molecular flexibility index (Phi) is 5.10. The van der Waals surface area contributed by atoms with Gasteiger partial charge in [-0.2, -0.15) is 4.98 Å². The first-order valence-electron chi connectivity index (χ1n) is 7.00. The molecule has 0 bridgehead atoms. The molecule has 7 nitrogen and oxygen atoms in total. The van der Waals surface area contributed by atoms with E-state index in [9.17, 15) is 4.79 Å². The molecule has 0 unspecified atom stereocenters. The van der Waals surface area contributed by atoms with E-state index in [1.807, 2.05) is 30.0 Å². The number of hydrogen-bond donors (Lipinski definition) is 2. The van der Waals surface area contributed by atoms with Gasteiger partial charge in [0.05, 0.1) is 0 Å². The Balaban J connectivity index is 1.82. The minimum atomic E-state index is -0.0582. The normalized spacial score (nSPS) is 18.6. The molecule has 1 aromatic heterocycles. The van der Waals surface area contributed by atoms with E-state index in [4.69, 9.17) is 5.73 Å². The highest BCUT2D eigenvalue weighted by atomic mass is 16.1. The quantitative estimate of drug-likeness (QED) is 0.735. The highest BCUT2D eigenvalue weighted by Gasteiger charge is 2.25. The minimum Gasteiger partial charge on any atom is -0.384 e. The number of nitrogen functional groups attached to an aromatic ring is 1. The van der Waals surface area contributed by atoms with Crippen molar-refractivity contribution < 1.29 is 4.79 Å². The van der Waals surface area contributed by atoms with Crippen LogP contribution >= 0.6 is 0 Å². The third-order valence-corrected chi connectivity index (χ3v) is 3.22. The molecule has 0 aliphatic carbocycles. The molecule has 1 fully saturated rings. The molecule has 114 valence electrons. The van der Waals surface area contributed by atoms with Crippen molar-refractivity contribution in [1.82, 2.24) is 20.2 Å². The second-order valence-corrected chi connectivity index (χ2v) is 5.39. The lowest BCUT2D eigenvalue weighted by molar-refractivity contribution is -0.117. The van der Waals surface area contributed by atoms with Crippen LogP contribution in [0.3, 0.4) is 0 Å². The molecule has 0 spiro atoms. The van der Waals surface area contributed by atoms with E-state index in [0.29, 0.717) is 18.3 Å². The van der Waals surface area contributed by atoms with Gasteiger partial charge in [0, 0.05) is 37.9 Å². The van der Waals surface area contributed by atoms with Gasteiger partial charge in [0.15, 0.2) is 0 Å². The van der Waals surface area contributed by atoms with E-state index in [0.717, 1.165) is 19.5 Å². The molecule has 1 aliphatic rings. The van der Waals surface area contributed by atoms with Gasteiger partial charge in [0.2, 0.25) is 11.9 Å². The van der Waals surface area contributed by atoms with Crippen LogP contribution in [0.4, 0.5) is 11.8 Å². The zero-order valence-electron chi connectivity index (χ0n) is 12.5. The Bertz CT molecular complexity index is 516. The van der Waals surface area contributed by atoms with E-state index in [-0.39, 0.29) is 11.9 Å². The van der Waals surface area contributed by atoms with Crippen molar-refractivity contribution in [3.05, 3.63) is 24.4 Å². The van der Waals surface area contributed by atoms with Crippen molar-refractivity contribution in [3.63, 3.8) is 0 Å². The summed E-state index contributed by atoms with van der Waals surface area (Å²) >= 11 is 0. The third kappa shape index (κ3) is 4.71. The van der Waals surface area contributed by atoms with Gasteiger partial charge in [-0.05, 0) is 26.6 Å². The average molecular weight is 290 g/mol. The number of anilines is 2. The van der Waals surface area contributed by atoms with E-state index in [1.165, 1.54) is 0 Å². The standard InChI is InChI=1S/C14H22N6O/c1-19(2)8-3-4-13(21)17-11-6-9-20(10-11)14-16-7-5-12(15)18-14/h3-5,7,11H,6,8-10H2,1-2H3,(H,17,21)(H2,15,16,18)/b4-3+/t11-/m0/s1. The molecule has 0 saturated carbocycles. The molecule has 2 heterocycles. The van der Waals surface area contributed by atoms with Crippen LogP contribution in [0.5, 0.6) is 0 Å². The molecular weight excluding hydrogens is 268 g/mol. The Hall–Kier alpha value is -2.15. The molecule has 1 saturated heterocycles. The lowest BCUT2D eigenvalue weighted by Crippen LogP contribution is -2.36. The van der Waals surface area contributed by atoms with Crippen molar-refractivity contribution in [2.24, 2.45) is 0 Å². The van der Waals surface area contributed by atoms with Crippen molar-refractivity contribution in [2.45, 2.75) is 12.5 Å². The van der Waals surface area contributed by atoms with Crippen LogP contribution in [0.25, 0.3) is 0 Å². The summed E-state index contributed by atoms with van der Waals surface area (Å²) in [5.41, 5.74) is 5.66. The van der Waals surface area contributed by atoms with Crippen LogP contribution in [-0.2, 0) is 4.79 Å². The number of aromatic nitrogens is 2. The predicted molar refractivity (Wildman–Crippen MR) is 82.9 cm³/mol. The highest BCUT2D eigenvalue weighted by molar-refractivity contribution is 5.87. The van der Waals surface area contributed by atoms with Crippen LogP contribution < -0.4 is 16.0 Å². The maximum atomic E-state index is 11.8. The number of hydrogen-bond acceptors (Lipinski definition) is 6. The van der Waals surface area contributed by atoms with Crippen LogP contribution in [0.1, 0.15) is 6.42 Å².